The summed E-state index contributed by atoms with van der Waals surface area (Å²) in [4.78, 5) is 15.3. The van der Waals surface area contributed by atoms with Crippen LogP contribution in [0.2, 0.25) is 0 Å². The molecule has 3 unspecified atom stereocenters. The molecule has 0 aliphatic carbocycles. The maximum Gasteiger partial charge on any atom is 0.229 e. The lowest BCUT2D eigenvalue weighted by Gasteiger charge is -2.29. The predicted octanol–water partition coefficient (Wildman–Crippen LogP) is 1.65. The van der Waals surface area contributed by atoms with Crippen LogP contribution in [0.5, 0.6) is 0 Å². The summed E-state index contributed by atoms with van der Waals surface area (Å²) in [6.07, 6.45) is 6.04. The second-order valence-electron chi connectivity index (χ2n) is 7.09. The molecule has 25 heavy (non-hydrogen) atoms. The van der Waals surface area contributed by atoms with Gasteiger partial charge in [-0.3, -0.25) is 14.9 Å². The average Bonchev–Trinajstić information content (AvgIpc) is 3.36. The lowest BCUT2D eigenvalue weighted by atomic mass is 9.93. The number of benzene rings is 1. The third kappa shape index (κ3) is 3.32. The monoisotopic (exact) mass is 339 g/mol. The molecule has 1 aromatic heterocycles. The maximum absolute atomic E-state index is 13.3. The third-order valence-electron chi connectivity index (χ3n) is 5.28. The Morgan fingerprint density at radius 1 is 1.32 bits per heavy atom. The molecule has 0 saturated carbocycles. The van der Waals surface area contributed by atoms with Gasteiger partial charge in [0.2, 0.25) is 5.91 Å². The van der Waals surface area contributed by atoms with Crippen LogP contribution in [0, 0.1) is 12.8 Å². The van der Waals surface area contributed by atoms with Crippen molar-refractivity contribution in [2.24, 2.45) is 5.92 Å². The van der Waals surface area contributed by atoms with Gasteiger partial charge in [0.25, 0.3) is 0 Å². The van der Waals surface area contributed by atoms with Crippen molar-refractivity contribution >= 4 is 5.91 Å². The van der Waals surface area contributed by atoms with E-state index >= 15 is 0 Å². The number of hydrogen-bond donors (Lipinski definition) is 2. The predicted molar refractivity (Wildman–Crippen MR) is 95.5 cm³/mol. The minimum Gasteiger partial charge on any atom is -0.338 e. The van der Waals surface area contributed by atoms with Gasteiger partial charge in [-0.15, -0.1) is 0 Å². The number of aromatic nitrogens is 2. The molecule has 6 nitrogen and oxygen atoms in total. The minimum absolute atomic E-state index is 0.0295. The number of carbonyl (C=O) groups is 1. The summed E-state index contributed by atoms with van der Waals surface area (Å²) in [7, 11) is 0. The second-order valence-corrected chi connectivity index (χ2v) is 7.09. The summed E-state index contributed by atoms with van der Waals surface area (Å²) < 4.78 is 1.96. The lowest BCUT2D eigenvalue weighted by Crippen LogP contribution is -2.43. The van der Waals surface area contributed by atoms with Crippen LogP contribution in [-0.2, 0) is 11.3 Å². The Hall–Kier alpha value is -2.18. The van der Waals surface area contributed by atoms with Crippen molar-refractivity contribution in [3.63, 3.8) is 0 Å². The van der Waals surface area contributed by atoms with Gasteiger partial charge in [0.05, 0.1) is 30.7 Å². The molecular weight excluding hydrogens is 314 g/mol. The van der Waals surface area contributed by atoms with Gasteiger partial charge in [-0.05, 0) is 30.9 Å². The Morgan fingerprint density at radius 2 is 2.16 bits per heavy atom. The van der Waals surface area contributed by atoms with Gasteiger partial charge >= 0.3 is 0 Å². The van der Waals surface area contributed by atoms with Crippen LogP contribution in [0.15, 0.2) is 42.7 Å². The second kappa shape index (κ2) is 6.98. The largest absolute Gasteiger partial charge is 0.338 e. The highest BCUT2D eigenvalue weighted by molar-refractivity contribution is 5.81. The molecule has 2 saturated heterocycles. The molecule has 1 amide bonds. The van der Waals surface area contributed by atoms with Crippen molar-refractivity contribution in [1.82, 2.24) is 25.5 Å². The standard InChI is InChI=1S/C19H25N5O/c1-14-10-21-23(12-14)13-16-8-5-9-24(16)19(25)17-11-20-22-18(17)15-6-3-2-4-7-15/h2-4,6-7,10,12,16-18,20,22H,5,8-9,11,13H2,1H3. The SMILES string of the molecule is Cc1cnn(CC2CCCN2C(=O)C2CNNC2c2ccccc2)c1. The van der Waals surface area contributed by atoms with Crippen molar-refractivity contribution in [2.45, 2.75) is 38.4 Å². The summed E-state index contributed by atoms with van der Waals surface area (Å²) in [6, 6.07) is 10.5. The Labute approximate surface area is 148 Å². The Balaban J connectivity index is 1.49. The number of nitrogens with zero attached hydrogens (tertiary/aromatic N) is 3. The number of amides is 1. The zero-order valence-electron chi connectivity index (χ0n) is 14.6. The molecule has 132 valence electrons. The van der Waals surface area contributed by atoms with Crippen LogP contribution in [0.1, 0.15) is 30.0 Å². The first kappa shape index (κ1) is 16.3. The van der Waals surface area contributed by atoms with Crippen LogP contribution in [0.25, 0.3) is 0 Å². The molecule has 2 N–H and O–H groups in total. The number of rotatable bonds is 4. The van der Waals surface area contributed by atoms with Crippen LogP contribution in [0.3, 0.4) is 0 Å². The van der Waals surface area contributed by atoms with Gasteiger partial charge < -0.3 is 4.90 Å². The topological polar surface area (TPSA) is 62.2 Å². The number of nitrogens with one attached hydrogen (secondary N) is 2. The molecule has 0 bridgehead atoms. The first-order chi connectivity index (χ1) is 12.2. The zero-order valence-corrected chi connectivity index (χ0v) is 14.6. The molecule has 4 rings (SSSR count). The molecule has 2 aliphatic rings. The van der Waals surface area contributed by atoms with Crippen LogP contribution < -0.4 is 10.9 Å². The highest BCUT2D eigenvalue weighted by Gasteiger charge is 2.40. The molecule has 0 spiro atoms. The zero-order chi connectivity index (χ0) is 17.2. The smallest absolute Gasteiger partial charge is 0.229 e. The fraction of sp³-hybridized carbons (Fsp3) is 0.474. The summed E-state index contributed by atoms with van der Waals surface area (Å²) in [5.74, 6) is 0.181. The normalized spacial score (nSPS) is 26.3. The fourth-order valence-corrected chi connectivity index (χ4v) is 4.01. The van der Waals surface area contributed by atoms with E-state index in [4.69, 9.17) is 0 Å². The van der Waals surface area contributed by atoms with Crippen molar-refractivity contribution in [1.29, 1.82) is 0 Å². The third-order valence-corrected chi connectivity index (χ3v) is 5.28. The molecule has 1 aromatic carbocycles. The minimum atomic E-state index is -0.0673. The number of hydrogen-bond acceptors (Lipinski definition) is 4. The van der Waals surface area contributed by atoms with Crippen molar-refractivity contribution in [3.8, 4) is 0 Å². The molecule has 2 fully saturated rings. The van der Waals surface area contributed by atoms with Crippen molar-refractivity contribution in [2.75, 3.05) is 13.1 Å². The Kier molecular flexibility index (Phi) is 4.55. The van der Waals surface area contributed by atoms with E-state index in [9.17, 15) is 4.79 Å². The molecule has 2 aliphatic heterocycles. The van der Waals surface area contributed by atoms with E-state index < -0.39 is 0 Å². The Bertz CT molecular complexity index is 728. The van der Waals surface area contributed by atoms with E-state index in [1.165, 1.54) is 0 Å². The van der Waals surface area contributed by atoms with E-state index in [0.29, 0.717) is 6.54 Å². The van der Waals surface area contributed by atoms with E-state index in [1.54, 1.807) is 0 Å². The number of carbonyl (C=O) groups excluding carboxylic acids is 1. The number of likely N-dealkylation sites (tertiary alicyclic amines) is 1. The first-order valence-corrected chi connectivity index (χ1v) is 9.05. The van der Waals surface area contributed by atoms with Gasteiger partial charge in [-0.1, -0.05) is 30.3 Å². The van der Waals surface area contributed by atoms with Gasteiger partial charge in [-0.25, -0.2) is 5.43 Å². The van der Waals surface area contributed by atoms with Gasteiger partial charge in [-0.2, -0.15) is 5.10 Å². The van der Waals surface area contributed by atoms with Crippen molar-refractivity contribution < 1.29 is 4.79 Å². The van der Waals surface area contributed by atoms with Gasteiger partial charge in [0.15, 0.2) is 0 Å². The summed E-state index contributed by atoms with van der Waals surface area (Å²) in [5, 5.41) is 4.39. The van der Waals surface area contributed by atoms with E-state index in [0.717, 1.165) is 37.1 Å². The number of hydrazine groups is 1. The molecular formula is C19H25N5O. The summed E-state index contributed by atoms with van der Waals surface area (Å²) >= 11 is 0. The highest BCUT2D eigenvalue weighted by atomic mass is 16.2. The van der Waals surface area contributed by atoms with Gasteiger partial charge in [0.1, 0.15) is 0 Å². The number of aryl methyl sites for hydroxylation is 1. The van der Waals surface area contributed by atoms with Gasteiger partial charge in [0, 0.05) is 19.3 Å². The van der Waals surface area contributed by atoms with E-state index in [1.807, 2.05) is 42.2 Å². The van der Waals surface area contributed by atoms with E-state index in [2.05, 4.69) is 33.0 Å². The van der Waals surface area contributed by atoms with Crippen LogP contribution >= 0.6 is 0 Å². The lowest BCUT2D eigenvalue weighted by molar-refractivity contribution is -0.136. The fourth-order valence-electron chi connectivity index (χ4n) is 4.01. The molecule has 0 radical (unpaired) electrons. The Morgan fingerprint density at radius 3 is 2.92 bits per heavy atom. The van der Waals surface area contributed by atoms with E-state index in [-0.39, 0.29) is 23.9 Å². The highest BCUT2D eigenvalue weighted by Crippen LogP contribution is 2.29. The molecule has 3 heterocycles. The maximum atomic E-state index is 13.3. The summed E-state index contributed by atoms with van der Waals surface area (Å²) in [5.41, 5.74) is 8.77. The molecule has 3 atom stereocenters. The quantitative estimate of drug-likeness (QED) is 0.889. The van der Waals surface area contributed by atoms with Crippen molar-refractivity contribution in [3.05, 3.63) is 53.9 Å². The summed E-state index contributed by atoms with van der Waals surface area (Å²) in [6.45, 7) is 4.34. The van der Waals surface area contributed by atoms with Crippen LogP contribution in [-0.4, -0.2) is 39.7 Å². The van der Waals surface area contributed by atoms with Crippen LogP contribution in [0.4, 0.5) is 0 Å². The average molecular weight is 339 g/mol. The first-order valence-electron chi connectivity index (χ1n) is 9.05. The molecule has 2 aromatic rings. The molecule has 6 heteroatoms.